The number of aliphatic hydroxyl groups is 1. The van der Waals surface area contributed by atoms with E-state index in [4.69, 9.17) is 0 Å². The Kier molecular flexibility index (Phi) is 13.9. The van der Waals surface area contributed by atoms with Gasteiger partial charge in [-0.3, -0.25) is 4.79 Å². The third kappa shape index (κ3) is 11.0. The summed E-state index contributed by atoms with van der Waals surface area (Å²) in [5.74, 6) is 0.104. The zero-order valence-corrected chi connectivity index (χ0v) is 38.0. The average Bonchev–Trinajstić information content (AvgIpc) is 3.13. The van der Waals surface area contributed by atoms with Crippen molar-refractivity contribution in [2.24, 2.45) is 10.8 Å². The van der Waals surface area contributed by atoms with Gasteiger partial charge in [-0.1, -0.05) is 131 Å². The van der Waals surface area contributed by atoms with Gasteiger partial charge in [-0.15, -0.1) is 64.2 Å². The average molecular weight is 925 g/mol. The molecule has 2 aliphatic carbocycles. The minimum atomic E-state index is -0.417. The fourth-order valence-corrected chi connectivity index (χ4v) is 6.66. The molecule has 0 saturated heterocycles. The molecular formula is C51H60IrN2O2-2. The number of carbonyl (C=O) groups excluding carboxylic acids is 1. The fraction of sp³-hybridized carbons (Fsp3) is 0.392. The zero-order valence-electron chi connectivity index (χ0n) is 35.6. The zero-order chi connectivity index (χ0) is 40.3. The summed E-state index contributed by atoms with van der Waals surface area (Å²) in [7, 11) is 0. The smallest absolute Gasteiger partial charge is 0.164 e. The van der Waals surface area contributed by atoms with Crippen LogP contribution in [-0.4, -0.2) is 20.9 Å². The van der Waals surface area contributed by atoms with E-state index in [-0.39, 0.29) is 47.9 Å². The summed E-state index contributed by atoms with van der Waals surface area (Å²) in [5, 5.41) is 9.56. The Morgan fingerprint density at radius 2 is 1.23 bits per heavy atom. The number of allylic oxidation sites excluding steroid dienone is 2. The number of rotatable bonds is 3. The largest absolute Gasteiger partial charge is 0.512 e. The van der Waals surface area contributed by atoms with Crippen molar-refractivity contribution < 1.29 is 30.0 Å². The first-order chi connectivity index (χ1) is 25.6. The summed E-state index contributed by atoms with van der Waals surface area (Å²) in [6.07, 6.45) is 9.61. The molecule has 0 bridgehead atoms. The van der Waals surface area contributed by atoms with E-state index < -0.39 is 5.41 Å². The van der Waals surface area contributed by atoms with Crippen LogP contribution in [0.5, 0.6) is 0 Å². The van der Waals surface area contributed by atoms with Gasteiger partial charge in [-0.05, 0) is 76.7 Å². The molecule has 2 heterocycles. The Hall–Kier alpha value is -4.18. The molecule has 0 fully saturated rings. The van der Waals surface area contributed by atoms with Crippen molar-refractivity contribution in [2.45, 2.75) is 120 Å². The molecule has 0 saturated carbocycles. The van der Waals surface area contributed by atoms with E-state index in [1.807, 2.05) is 66.1 Å². The van der Waals surface area contributed by atoms with Crippen LogP contribution < -0.4 is 0 Å². The summed E-state index contributed by atoms with van der Waals surface area (Å²) < 4.78 is 0. The molecule has 2 aromatic heterocycles. The van der Waals surface area contributed by atoms with Crippen LogP contribution in [0.4, 0.5) is 0 Å². The van der Waals surface area contributed by atoms with Crippen molar-refractivity contribution in [1.29, 1.82) is 0 Å². The van der Waals surface area contributed by atoms with Gasteiger partial charge < -0.3 is 15.1 Å². The van der Waals surface area contributed by atoms with Gasteiger partial charge in [-0.25, -0.2) is 0 Å². The monoisotopic (exact) mass is 925 g/mol. The van der Waals surface area contributed by atoms with Gasteiger partial charge in [0.1, 0.15) is 5.76 Å². The summed E-state index contributed by atoms with van der Waals surface area (Å²) in [5.41, 5.74) is 15.3. The van der Waals surface area contributed by atoms with Gasteiger partial charge in [0, 0.05) is 49.4 Å². The molecule has 5 aromatic rings. The van der Waals surface area contributed by atoms with Crippen molar-refractivity contribution in [2.75, 3.05) is 0 Å². The third-order valence-corrected chi connectivity index (χ3v) is 10.3. The second kappa shape index (κ2) is 17.5. The molecule has 0 aliphatic heterocycles. The van der Waals surface area contributed by atoms with Crippen molar-refractivity contribution in [3.63, 3.8) is 0 Å². The van der Waals surface area contributed by atoms with Gasteiger partial charge in [0.15, 0.2) is 5.78 Å². The molecule has 297 valence electrons. The van der Waals surface area contributed by atoms with E-state index in [1.165, 1.54) is 50.6 Å². The van der Waals surface area contributed by atoms with Crippen molar-refractivity contribution >= 4 is 5.78 Å². The predicted molar refractivity (Wildman–Crippen MR) is 229 cm³/mol. The van der Waals surface area contributed by atoms with E-state index in [0.29, 0.717) is 0 Å². The number of aryl methyl sites for hydroxylation is 4. The number of pyridine rings is 2. The molecule has 1 N–H and O–H groups in total. The second-order valence-electron chi connectivity index (χ2n) is 19.0. The summed E-state index contributed by atoms with van der Waals surface area (Å²) >= 11 is 0. The van der Waals surface area contributed by atoms with Crippen LogP contribution in [0.25, 0.3) is 33.6 Å². The van der Waals surface area contributed by atoms with Crippen LogP contribution in [0.1, 0.15) is 116 Å². The van der Waals surface area contributed by atoms with Crippen LogP contribution in [-0.2, 0) is 61.4 Å². The number of nitrogens with zero attached hydrogens (tertiary/aromatic N) is 2. The fourth-order valence-electron chi connectivity index (χ4n) is 6.66. The topological polar surface area (TPSA) is 63.1 Å². The minimum Gasteiger partial charge on any atom is -0.512 e. The molecule has 3 aromatic carbocycles. The first-order valence-corrected chi connectivity index (χ1v) is 19.7. The van der Waals surface area contributed by atoms with Gasteiger partial charge in [0.25, 0.3) is 0 Å². The first-order valence-electron chi connectivity index (χ1n) is 19.7. The molecule has 0 spiro atoms. The van der Waals surface area contributed by atoms with E-state index in [0.717, 1.165) is 48.2 Å². The Morgan fingerprint density at radius 1 is 0.625 bits per heavy atom. The SMILES string of the molecule is CC(C)(C)C(=O)/C=C(\O)C(C)(C)C.CC(C)(C)c1cc[c-]c(-c2cc(C(C)(C)C)ccn2)c1.[Ir].[c-]1c(-c2ccccn2)cc2c3c1CCc1cccc(c1-3)CC2. The van der Waals surface area contributed by atoms with Crippen LogP contribution >= 0.6 is 0 Å². The molecule has 5 heteroatoms. The summed E-state index contributed by atoms with van der Waals surface area (Å²) in [4.78, 5) is 20.5. The normalized spacial score (nSPS) is 13.5. The quantitative estimate of drug-likeness (QED) is 0.111. The Morgan fingerprint density at radius 3 is 1.82 bits per heavy atom. The standard InChI is InChI=1S/C21H16N.C19H24N.C11H20O2.Ir/c1-2-11-22-19(6-1)18-12-16-9-7-14-4-3-5-15-8-10-17(13-18)21(16)20(14)15;1-18(2,3)15-9-7-8-14(12-15)17-13-16(10-11-20-17)19(4,5)6;1-10(2,3)8(12)7-9(13)11(4,5)6;/h1-6,11-12H,7-10H2;7,9-13H,1-6H3;7,12H,1-6H3;/q2*-1;;/b;;8-7-;. The summed E-state index contributed by atoms with van der Waals surface area (Å²) in [6, 6.07) is 32.8. The number of carbonyl (C=O) groups is 1. The number of aromatic nitrogens is 2. The third-order valence-electron chi connectivity index (χ3n) is 10.3. The molecule has 2 aliphatic rings. The van der Waals surface area contributed by atoms with Gasteiger partial charge in [0.05, 0.1) is 0 Å². The van der Waals surface area contributed by atoms with Crippen molar-refractivity contribution in [1.82, 2.24) is 9.97 Å². The first kappa shape index (κ1) is 44.5. The maximum Gasteiger partial charge on any atom is 0.164 e. The van der Waals surface area contributed by atoms with Crippen molar-refractivity contribution in [3.05, 3.63) is 143 Å². The van der Waals surface area contributed by atoms with Crippen LogP contribution in [0.3, 0.4) is 0 Å². The van der Waals surface area contributed by atoms with Crippen molar-refractivity contribution in [3.8, 4) is 33.6 Å². The predicted octanol–water partition coefficient (Wildman–Crippen LogP) is 12.6. The molecular weight excluding hydrogens is 865 g/mol. The van der Waals surface area contributed by atoms with Gasteiger partial charge >= 0.3 is 0 Å². The molecule has 4 nitrogen and oxygen atoms in total. The molecule has 56 heavy (non-hydrogen) atoms. The van der Waals surface area contributed by atoms with Gasteiger partial charge in [-0.2, -0.15) is 0 Å². The molecule has 0 amide bonds. The number of aliphatic hydroxyl groups excluding tert-OH is 1. The van der Waals surface area contributed by atoms with Crippen LogP contribution in [0.2, 0.25) is 0 Å². The summed E-state index contributed by atoms with van der Waals surface area (Å²) in [6.45, 7) is 24.5. The number of hydrogen-bond donors (Lipinski definition) is 1. The molecule has 1 radical (unpaired) electrons. The van der Waals surface area contributed by atoms with Crippen LogP contribution in [0, 0.1) is 23.0 Å². The maximum absolute atomic E-state index is 11.5. The Bertz CT molecular complexity index is 2070. The van der Waals surface area contributed by atoms with E-state index in [2.05, 4.69) is 124 Å². The van der Waals surface area contributed by atoms with Gasteiger partial charge in [0.2, 0.25) is 0 Å². The minimum absolute atomic E-state index is 0. The molecule has 0 atom stereocenters. The number of benzene rings is 3. The number of ketones is 1. The van der Waals surface area contributed by atoms with Crippen LogP contribution in [0.15, 0.2) is 97.0 Å². The molecule has 0 unspecified atom stereocenters. The second-order valence-corrected chi connectivity index (χ2v) is 19.0. The Labute approximate surface area is 350 Å². The van der Waals surface area contributed by atoms with E-state index in [1.54, 1.807) is 0 Å². The van der Waals surface area contributed by atoms with E-state index in [9.17, 15) is 9.90 Å². The Balaban J connectivity index is 0.000000192. The van der Waals surface area contributed by atoms with E-state index >= 15 is 0 Å². The number of hydrogen-bond acceptors (Lipinski definition) is 4. The maximum atomic E-state index is 11.5. The molecule has 7 rings (SSSR count).